The average Bonchev–Trinajstić information content (AvgIpc) is 2.47. The Labute approximate surface area is 115 Å². The highest BCUT2D eigenvalue weighted by Gasteiger charge is 2.12. The van der Waals surface area contributed by atoms with Crippen LogP contribution >= 0.6 is 11.6 Å². The number of aliphatic hydroxyl groups is 1. The van der Waals surface area contributed by atoms with Crippen LogP contribution in [0.15, 0.2) is 54.9 Å². The number of benzene rings is 1. The summed E-state index contributed by atoms with van der Waals surface area (Å²) >= 11 is 5.79. The molecule has 0 saturated carbocycles. The van der Waals surface area contributed by atoms with Gasteiger partial charge in [0.1, 0.15) is 6.10 Å². The quantitative estimate of drug-likeness (QED) is 0.777. The number of pyridine rings is 2. The van der Waals surface area contributed by atoms with Crippen LogP contribution in [0.4, 0.5) is 0 Å². The van der Waals surface area contributed by atoms with Gasteiger partial charge in [-0.1, -0.05) is 23.7 Å². The number of hydrogen-bond donors (Lipinski definition) is 1. The van der Waals surface area contributed by atoms with Gasteiger partial charge in [-0.15, -0.1) is 0 Å². The summed E-state index contributed by atoms with van der Waals surface area (Å²) in [6.45, 7) is 0. The summed E-state index contributed by atoms with van der Waals surface area (Å²) in [5.41, 5.74) is 2.27. The molecule has 1 N–H and O–H groups in total. The van der Waals surface area contributed by atoms with Gasteiger partial charge in [-0.2, -0.15) is 0 Å². The van der Waals surface area contributed by atoms with E-state index in [0.717, 1.165) is 16.5 Å². The van der Waals surface area contributed by atoms with E-state index in [4.69, 9.17) is 11.6 Å². The normalized spacial score (nSPS) is 12.5. The largest absolute Gasteiger partial charge is 0.382 e. The van der Waals surface area contributed by atoms with Crippen molar-refractivity contribution in [2.75, 3.05) is 0 Å². The number of halogens is 1. The lowest BCUT2D eigenvalue weighted by atomic mass is 10.0. The molecule has 0 radical (unpaired) electrons. The van der Waals surface area contributed by atoms with E-state index in [1.807, 2.05) is 30.3 Å². The van der Waals surface area contributed by atoms with E-state index in [0.29, 0.717) is 10.7 Å². The van der Waals surface area contributed by atoms with Gasteiger partial charge >= 0.3 is 0 Å². The summed E-state index contributed by atoms with van der Waals surface area (Å²) in [7, 11) is 0. The van der Waals surface area contributed by atoms with E-state index in [2.05, 4.69) is 9.97 Å². The van der Waals surface area contributed by atoms with Gasteiger partial charge in [0.25, 0.3) is 0 Å². The zero-order valence-electron chi connectivity index (χ0n) is 9.99. The molecule has 3 nitrogen and oxygen atoms in total. The second-order valence-corrected chi connectivity index (χ2v) is 4.70. The number of fused-ring (bicyclic) bond motifs is 1. The van der Waals surface area contributed by atoms with Crippen molar-refractivity contribution < 1.29 is 5.11 Å². The summed E-state index contributed by atoms with van der Waals surface area (Å²) in [5, 5.41) is 11.9. The summed E-state index contributed by atoms with van der Waals surface area (Å²) in [4.78, 5) is 8.39. The first-order valence-electron chi connectivity index (χ1n) is 5.88. The maximum Gasteiger partial charge on any atom is 0.121 e. The highest BCUT2D eigenvalue weighted by molar-refractivity contribution is 6.30. The Morgan fingerprint density at radius 1 is 1.05 bits per heavy atom. The van der Waals surface area contributed by atoms with Gasteiger partial charge in [-0.3, -0.25) is 9.97 Å². The fourth-order valence-corrected chi connectivity index (χ4v) is 2.10. The average molecular weight is 271 g/mol. The van der Waals surface area contributed by atoms with Crippen molar-refractivity contribution >= 4 is 22.5 Å². The molecule has 3 aromatic rings. The summed E-state index contributed by atoms with van der Waals surface area (Å²) < 4.78 is 0. The van der Waals surface area contributed by atoms with Crippen LogP contribution < -0.4 is 0 Å². The summed E-state index contributed by atoms with van der Waals surface area (Å²) in [5.74, 6) is 0. The van der Waals surface area contributed by atoms with Crippen LogP contribution in [-0.4, -0.2) is 15.1 Å². The van der Waals surface area contributed by atoms with E-state index in [9.17, 15) is 5.11 Å². The van der Waals surface area contributed by atoms with Gasteiger partial charge < -0.3 is 5.11 Å². The summed E-state index contributed by atoms with van der Waals surface area (Å²) in [6, 6.07) is 13.0. The lowest BCUT2D eigenvalue weighted by molar-refractivity contribution is 0.215. The molecule has 2 aromatic heterocycles. The Kier molecular flexibility index (Phi) is 3.15. The molecule has 1 unspecified atom stereocenters. The van der Waals surface area contributed by atoms with Gasteiger partial charge in [0.15, 0.2) is 0 Å². The first-order chi connectivity index (χ1) is 9.24. The molecule has 19 heavy (non-hydrogen) atoms. The Balaban J connectivity index is 2.01. The molecule has 3 rings (SSSR count). The molecule has 0 amide bonds. The molecular formula is C15H11ClN2O. The minimum Gasteiger partial charge on any atom is -0.382 e. The molecule has 0 aliphatic heterocycles. The summed E-state index contributed by atoms with van der Waals surface area (Å²) in [6.07, 6.45) is 2.52. The maximum atomic E-state index is 10.3. The second-order valence-electron chi connectivity index (χ2n) is 4.26. The van der Waals surface area contributed by atoms with Crippen molar-refractivity contribution in [3.8, 4) is 0 Å². The first kappa shape index (κ1) is 12.1. The van der Waals surface area contributed by atoms with Crippen molar-refractivity contribution in [3.63, 3.8) is 0 Å². The Hall–Kier alpha value is -1.97. The fourth-order valence-electron chi connectivity index (χ4n) is 1.98. The number of aliphatic hydroxyl groups excluding tert-OH is 1. The van der Waals surface area contributed by atoms with Crippen molar-refractivity contribution in [1.82, 2.24) is 9.97 Å². The van der Waals surface area contributed by atoms with Crippen LogP contribution in [0, 0.1) is 0 Å². The second kappa shape index (κ2) is 4.96. The van der Waals surface area contributed by atoms with E-state index < -0.39 is 6.10 Å². The molecule has 0 fully saturated rings. The Morgan fingerprint density at radius 3 is 2.74 bits per heavy atom. The van der Waals surface area contributed by atoms with Crippen LogP contribution in [0.25, 0.3) is 10.9 Å². The van der Waals surface area contributed by atoms with Crippen molar-refractivity contribution in [3.05, 3.63) is 71.1 Å². The van der Waals surface area contributed by atoms with Gasteiger partial charge in [0, 0.05) is 17.8 Å². The topological polar surface area (TPSA) is 46.0 Å². The van der Waals surface area contributed by atoms with Gasteiger partial charge in [-0.25, -0.2) is 0 Å². The zero-order valence-corrected chi connectivity index (χ0v) is 10.7. The van der Waals surface area contributed by atoms with Crippen LogP contribution in [0.2, 0.25) is 5.02 Å². The van der Waals surface area contributed by atoms with Gasteiger partial charge in [-0.05, 0) is 35.9 Å². The van der Waals surface area contributed by atoms with Crippen molar-refractivity contribution in [1.29, 1.82) is 0 Å². The number of hydrogen-bond acceptors (Lipinski definition) is 3. The van der Waals surface area contributed by atoms with Crippen LogP contribution in [0.1, 0.15) is 17.4 Å². The lowest BCUT2D eigenvalue weighted by Gasteiger charge is -2.11. The predicted octanol–water partition coefficient (Wildman–Crippen LogP) is 3.36. The molecule has 0 aliphatic carbocycles. The molecule has 0 spiro atoms. The van der Waals surface area contributed by atoms with Crippen molar-refractivity contribution in [2.24, 2.45) is 0 Å². The SMILES string of the molecule is OC(c1ccc2ncccc2c1)c1ccc(Cl)cn1. The molecule has 94 valence electrons. The highest BCUT2D eigenvalue weighted by atomic mass is 35.5. The van der Waals surface area contributed by atoms with Gasteiger partial charge in [0.05, 0.1) is 16.2 Å². The Morgan fingerprint density at radius 2 is 1.95 bits per heavy atom. The zero-order chi connectivity index (χ0) is 13.2. The monoisotopic (exact) mass is 270 g/mol. The molecule has 0 aliphatic rings. The smallest absolute Gasteiger partial charge is 0.121 e. The van der Waals surface area contributed by atoms with E-state index in [1.165, 1.54) is 6.20 Å². The van der Waals surface area contributed by atoms with E-state index in [1.54, 1.807) is 18.3 Å². The van der Waals surface area contributed by atoms with Crippen LogP contribution in [0.3, 0.4) is 0 Å². The molecule has 1 atom stereocenters. The lowest BCUT2D eigenvalue weighted by Crippen LogP contribution is -2.02. The number of rotatable bonds is 2. The minimum atomic E-state index is -0.762. The fraction of sp³-hybridized carbons (Fsp3) is 0.0667. The third-order valence-electron chi connectivity index (χ3n) is 2.97. The molecule has 2 heterocycles. The molecule has 4 heteroatoms. The van der Waals surface area contributed by atoms with Crippen molar-refractivity contribution in [2.45, 2.75) is 6.10 Å². The molecule has 0 saturated heterocycles. The van der Waals surface area contributed by atoms with Crippen LogP contribution in [0.5, 0.6) is 0 Å². The third kappa shape index (κ3) is 2.43. The third-order valence-corrected chi connectivity index (χ3v) is 3.20. The molecule has 0 bridgehead atoms. The first-order valence-corrected chi connectivity index (χ1v) is 6.26. The van der Waals surface area contributed by atoms with E-state index >= 15 is 0 Å². The minimum absolute atomic E-state index is 0.554. The molecule has 1 aromatic carbocycles. The maximum absolute atomic E-state index is 10.3. The van der Waals surface area contributed by atoms with E-state index in [-0.39, 0.29) is 0 Å². The Bertz CT molecular complexity index is 713. The molecular weight excluding hydrogens is 260 g/mol. The standard InChI is InChI=1S/C15H11ClN2O/c16-12-4-6-14(18-9-12)15(19)11-3-5-13-10(8-11)2-1-7-17-13/h1-9,15,19H. The van der Waals surface area contributed by atoms with Crippen LogP contribution in [-0.2, 0) is 0 Å². The number of aromatic nitrogens is 2. The van der Waals surface area contributed by atoms with Gasteiger partial charge in [0.2, 0.25) is 0 Å². The highest BCUT2D eigenvalue weighted by Crippen LogP contribution is 2.24. The predicted molar refractivity (Wildman–Crippen MR) is 75.1 cm³/mol. The number of nitrogens with zero attached hydrogens (tertiary/aromatic N) is 2.